The van der Waals surface area contributed by atoms with Crippen molar-refractivity contribution in [1.82, 2.24) is 9.97 Å². The third kappa shape index (κ3) is 2.73. The van der Waals surface area contributed by atoms with Crippen molar-refractivity contribution in [2.24, 2.45) is 5.73 Å². The zero-order valence-corrected chi connectivity index (χ0v) is 11.3. The molecular weight excluding hydrogens is 232 g/mol. The zero-order chi connectivity index (χ0) is 12.5. The second-order valence-electron chi connectivity index (χ2n) is 4.85. The number of nitrogens with two attached hydrogens (primary N) is 1. The van der Waals surface area contributed by atoms with Crippen LogP contribution in [0.1, 0.15) is 25.1 Å². The number of aryl methyl sites for hydroxylation is 1. The highest BCUT2D eigenvalue weighted by molar-refractivity contribution is 7.18. The molecule has 92 valence electrons. The van der Waals surface area contributed by atoms with E-state index in [1.54, 1.807) is 17.7 Å². The number of aromatic nitrogens is 2. The molecule has 0 radical (unpaired) electrons. The fourth-order valence-corrected chi connectivity index (χ4v) is 2.67. The molecule has 2 aromatic heterocycles. The number of rotatable bonds is 4. The molecule has 0 aromatic carbocycles. The van der Waals surface area contributed by atoms with Crippen LogP contribution < -0.4 is 11.1 Å². The summed E-state index contributed by atoms with van der Waals surface area (Å²) in [7, 11) is 0. The summed E-state index contributed by atoms with van der Waals surface area (Å²) in [5.41, 5.74) is 5.56. The standard InChI is InChI=1S/C12H18N4S/c1-8-6-9-10(14-7-15-11(9)17-8)16-12(2,3)4-5-13/h6-7H,4-5,13H2,1-3H3,(H,14,15,16). The molecule has 0 spiro atoms. The Morgan fingerprint density at radius 3 is 2.88 bits per heavy atom. The van der Waals surface area contributed by atoms with Crippen LogP contribution in [0.3, 0.4) is 0 Å². The van der Waals surface area contributed by atoms with E-state index in [-0.39, 0.29) is 5.54 Å². The predicted molar refractivity (Wildman–Crippen MR) is 73.5 cm³/mol. The van der Waals surface area contributed by atoms with Crippen molar-refractivity contribution in [2.75, 3.05) is 11.9 Å². The average molecular weight is 250 g/mol. The highest BCUT2D eigenvalue weighted by atomic mass is 32.1. The summed E-state index contributed by atoms with van der Waals surface area (Å²) >= 11 is 1.69. The fraction of sp³-hybridized carbons (Fsp3) is 0.500. The van der Waals surface area contributed by atoms with Gasteiger partial charge in [0, 0.05) is 10.4 Å². The maximum atomic E-state index is 5.61. The highest BCUT2D eigenvalue weighted by Crippen LogP contribution is 2.29. The van der Waals surface area contributed by atoms with E-state index in [0.29, 0.717) is 6.54 Å². The van der Waals surface area contributed by atoms with Gasteiger partial charge in [-0.05, 0) is 39.8 Å². The Kier molecular flexibility index (Phi) is 3.31. The lowest BCUT2D eigenvalue weighted by Crippen LogP contribution is -2.33. The number of nitrogens with zero attached hydrogens (tertiary/aromatic N) is 2. The van der Waals surface area contributed by atoms with Gasteiger partial charge in [-0.3, -0.25) is 0 Å². The summed E-state index contributed by atoms with van der Waals surface area (Å²) in [6.07, 6.45) is 2.51. The number of hydrogen-bond acceptors (Lipinski definition) is 5. The lowest BCUT2D eigenvalue weighted by Gasteiger charge is -2.26. The molecule has 3 N–H and O–H groups in total. The number of nitrogens with one attached hydrogen (secondary N) is 1. The van der Waals surface area contributed by atoms with Gasteiger partial charge in [-0.15, -0.1) is 11.3 Å². The van der Waals surface area contributed by atoms with Gasteiger partial charge in [0.1, 0.15) is 17.0 Å². The van der Waals surface area contributed by atoms with E-state index in [1.807, 2.05) is 0 Å². The second kappa shape index (κ2) is 4.58. The van der Waals surface area contributed by atoms with Crippen LogP contribution in [-0.2, 0) is 0 Å². The first-order chi connectivity index (χ1) is 8.02. The van der Waals surface area contributed by atoms with Crippen LogP contribution in [-0.4, -0.2) is 22.1 Å². The monoisotopic (exact) mass is 250 g/mol. The Morgan fingerprint density at radius 1 is 1.41 bits per heavy atom. The normalized spacial score (nSPS) is 12.0. The zero-order valence-electron chi connectivity index (χ0n) is 10.4. The summed E-state index contributed by atoms with van der Waals surface area (Å²) in [6, 6.07) is 2.13. The Hall–Kier alpha value is -1.20. The van der Waals surface area contributed by atoms with Gasteiger partial charge in [0.15, 0.2) is 0 Å². The maximum Gasteiger partial charge on any atom is 0.138 e. The molecule has 0 aliphatic heterocycles. The highest BCUT2D eigenvalue weighted by Gasteiger charge is 2.18. The first-order valence-electron chi connectivity index (χ1n) is 5.71. The molecular formula is C12H18N4S. The first kappa shape index (κ1) is 12.3. The molecule has 0 saturated carbocycles. The molecule has 0 aliphatic rings. The van der Waals surface area contributed by atoms with Crippen LogP contribution in [0.25, 0.3) is 10.2 Å². The lowest BCUT2D eigenvalue weighted by molar-refractivity contribution is 0.525. The molecule has 17 heavy (non-hydrogen) atoms. The average Bonchev–Trinajstić information content (AvgIpc) is 2.58. The number of anilines is 1. The SMILES string of the molecule is Cc1cc2c(NC(C)(C)CCN)ncnc2s1. The van der Waals surface area contributed by atoms with E-state index < -0.39 is 0 Å². The molecule has 2 rings (SSSR count). The van der Waals surface area contributed by atoms with Crippen molar-refractivity contribution in [3.8, 4) is 0 Å². The molecule has 0 saturated heterocycles. The van der Waals surface area contributed by atoms with Gasteiger partial charge >= 0.3 is 0 Å². The van der Waals surface area contributed by atoms with Gasteiger partial charge in [0.25, 0.3) is 0 Å². The smallest absolute Gasteiger partial charge is 0.138 e. The van der Waals surface area contributed by atoms with E-state index in [4.69, 9.17) is 5.73 Å². The third-order valence-corrected chi connectivity index (χ3v) is 3.64. The number of hydrogen-bond donors (Lipinski definition) is 2. The maximum absolute atomic E-state index is 5.61. The largest absolute Gasteiger partial charge is 0.365 e. The van der Waals surface area contributed by atoms with Crippen LogP contribution in [0.5, 0.6) is 0 Å². The van der Waals surface area contributed by atoms with Crippen molar-refractivity contribution < 1.29 is 0 Å². The van der Waals surface area contributed by atoms with Crippen LogP contribution in [0.15, 0.2) is 12.4 Å². The molecule has 0 atom stereocenters. The fourth-order valence-electron chi connectivity index (χ4n) is 1.82. The van der Waals surface area contributed by atoms with Gasteiger partial charge < -0.3 is 11.1 Å². The Morgan fingerprint density at radius 2 is 2.18 bits per heavy atom. The van der Waals surface area contributed by atoms with Crippen molar-refractivity contribution in [2.45, 2.75) is 32.7 Å². The molecule has 0 aliphatic carbocycles. The first-order valence-corrected chi connectivity index (χ1v) is 6.53. The number of fused-ring (bicyclic) bond motifs is 1. The molecule has 0 fully saturated rings. The van der Waals surface area contributed by atoms with Crippen LogP contribution in [0.2, 0.25) is 0 Å². The minimum Gasteiger partial charge on any atom is -0.365 e. The third-order valence-electron chi connectivity index (χ3n) is 2.68. The van der Waals surface area contributed by atoms with Crippen LogP contribution in [0, 0.1) is 6.92 Å². The predicted octanol–water partition coefficient (Wildman–Crippen LogP) is 2.54. The van der Waals surface area contributed by atoms with E-state index in [1.165, 1.54) is 4.88 Å². The minimum atomic E-state index is -0.0497. The molecule has 2 heterocycles. The minimum absolute atomic E-state index is 0.0497. The summed E-state index contributed by atoms with van der Waals surface area (Å²) in [6.45, 7) is 7.01. The van der Waals surface area contributed by atoms with Gasteiger partial charge in [-0.25, -0.2) is 9.97 Å². The lowest BCUT2D eigenvalue weighted by atomic mass is 10.0. The summed E-state index contributed by atoms with van der Waals surface area (Å²) in [4.78, 5) is 10.9. The summed E-state index contributed by atoms with van der Waals surface area (Å²) in [5.74, 6) is 0.901. The summed E-state index contributed by atoms with van der Waals surface area (Å²) in [5, 5.41) is 4.55. The van der Waals surface area contributed by atoms with Crippen molar-refractivity contribution in [3.63, 3.8) is 0 Å². The van der Waals surface area contributed by atoms with Crippen LogP contribution >= 0.6 is 11.3 Å². The molecule has 0 unspecified atom stereocenters. The molecule has 2 aromatic rings. The van der Waals surface area contributed by atoms with E-state index in [9.17, 15) is 0 Å². The Labute approximate surface area is 105 Å². The Balaban J connectivity index is 2.35. The van der Waals surface area contributed by atoms with E-state index in [2.05, 4.69) is 42.1 Å². The summed E-state index contributed by atoms with van der Waals surface area (Å²) < 4.78 is 0. The van der Waals surface area contributed by atoms with Crippen molar-refractivity contribution in [1.29, 1.82) is 0 Å². The van der Waals surface area contributed by atoms with Crippen LogP contribution in [0.4, 0.5) is 5.82 Å². The molecule has 0 amide bonds. The van der Waals surface area contributed by atoms with E-state index in [0.717, 1.165) is 22.5 Å². The molecule has 4 nitrogen and oxygen atoms in total. The molecule has 5 heteroatoms. The van der Waals surface area contributed by atoms with E-state index >= 15 is 0 Å². The topological polar surface area (TPSA) is 63.8 Å². The van der Waals surface area contributed by atoms with Gasteiger partial charge in [-0.2, -0.15) is 0 Å². The Bertz CT molecular complexity index is 518. The number of thiophene rings is 1. The van der Waals surface area contributed by atoms with Gasteiger partial charge in [0.2, 0.25) is 0 Å². The quantitative estimate of drug-likeness (QED) is 0.875. The van der Waals surface area contributed by atoms with Crippen molar-refractivity contribution in [3.05, 3.63) is 17.3 Å². The van der Waals surface area contributed by atoms with Gasteiger partial charge in [-0.1, -0.05) is 0 Å². The van der Waals surface area contributed by atoms with Gasteiger partial charge in [0.05, 0.1) is 5.39 Å². The second-order valence-corrected chi connectivity index (χ2v) is 6.08. The van der Waals surface area contributed by atoms with Crippen molar-refractivity contribution >= 4 is 27.4 Å². The molecule has 0 bridgehead atoms.